The molecule has 1 aliphatic heterocycles. The average molecular weight is 458 g/mol. The fourth-order valence-corrected chi connectivity index (χ4v) is 4.85. The van der Waals surface area contributed by atoms with Gasteiger partial charge < -0.3 is 14.4 Å². The molecule has 34 heavy (non-hydrogen) atoms. The Kier molecular flexibility index (Phi) is 5.79. The predicted molar refractivity (Wildman–Crippen MR) is 134 cm³/mol. The third-order valence-electron chi connectivity index (χ3n) is 6.44. The lowest BCUT2D eigenvalue weighted by Crippen LogP contribution is -2.27. The Morgan fingerprint density at radius 1 is 1.15 bits per heavy atom. The first-order chi connectivity index (χ1) is 16.5. The van der Waals surface area contributed by atoms with Crippen LogP contribution in [0.4, 0.5) is 5.69 Å². The van der Waals surface area contributed by atoms with Crippen molar-refractivity contribution in [2.75, 3.05) is 27.3 Å². The van der Waals surface area contributed by atoms with Crippen molar-refractivity contribution in [3.8, 4) is 22.8 Å². The Morgan fingerprint density at radius 3 is 2.74 bits per heavy atom. The smallest absolute Gasteiger partial charge is 0.315 e. The number of hydrogen-bond acceptors (Lipinski definition) is 6. The fraction of sp³-hybridized carbons (Fsp3) is 0.296. The number of methoxy groups -OCH3 is 1. The highest BCUT2D eigenvalue weighted by Crippen LogP contribution is 2.44. The Bertz CT molecular complexity index is 1420. The summed E-state index contributed by atoms with van der Waals surface area (Å²) in [5.41, 5.74) is 4.58. The molecule has 0 fully saturated rings. The summed E-state index contributed by atoms with van der Waals surface area (Å²) in [5.74, 6) is 0.506. The molecule has 0 atom stereocenters. The number of nitrogens with zero attached hydrogens (tertiary/aromatic N) is 3. The lowest BCUT2D eigenvalue weighted by molar-refractivity contribution is -0.385. The summed E-state index contributed by atoms with van der Waals surface area (Å²) in [6.45, 7) is 4.00. The molecule has 2 heterocycles. The zero-order valence-electron chi connectivity index (χ0n) is 19.6. The lowest BCUT2D eigenvalue weighted by Gasteiger charge is -2.28. The molecule has 3 aromatic carbocycles. The van der Waals surface area contributed by atoms with E-state index in [1.165, 1.54) is 28.8 Å². The average Bonchev–Trinajstić information content (AvgIpc) is 2.85. The van der Waals surface area contributed by atoms with E-state index < -0.39 is 4.92 Å². The summed E-state index contributed by atoms with van der Waals surface area (Å²) in [7, 11) is 3.59. The van der Waals surface area contributed by atoms with E-state index in [-0.39, 0.29) is 11.4 Å². The molecule has 0 amide bonds. The number of fused-ring (bicyclic) bond motifs is 5. The second kappa shape index (κ2) is 8.91. The molecule has 0 saturated heterocycles. The fourth-order valence-electron chi connectivity index (χ4n) is 4.85. The molecule has 1 aromatic heterocycles. The maximum Gasteiger partial charge on any atom is 0.315 e. The van der Waals surface area contributed by atoms with Gasteiger partial charge in [0.15, 0.2) is 5.75 Å². The molecule has 0 spiro atoms. The standard InChI is InChI=1S/C27H27N3O4/c1-4-13-34-27-23(30(31)32)14-18(15-24(27)33-3)26-21-16-29(2)12-11-20(21)25-19-8-6-5-7-17(19)9-10-22(25)28-26/h5-10,14-15H,4,11-13,16H2,1-3H3. The van der Waals surface area contributed by atoms with Crippen molar-refractivity contribution in [2.24, 2.45) is 0 Å². The van der Waals surface area contributed by atoms with Crippen molar-refractivity contribution in [1.29, 1.82) is 0 Å². The van der Waals surface area contributed by atoms with Gasteiger partial charge in [0.2, 0.25) is 5.75 Å². The van der Waals surface area contributed by atoms with Gasteiger partial charge in [-0.1, -0.05) is 37.3 Å². The van der Waals surface area contributed by atoms with E-state index in [2.05, 4.69) is 36.2 Å². The second-order valence-corrected chi connectivity index (χ2v) is 8.72. The van der Waals surface area contributed by atoms with Gasteiger partial charge in [-0.2, -0.15) is 0 Å². The van der Waals surface area contributed by atoms with Crippen LogP contribution in [-0.4, -0.2) is 42.1 Å². The highest BCUT2D eigenvalue weighted by molar-refractivity contribution is 6.09. The largest absolute Gasteiger partial charge is 0.493 e. The van der Waals surface area contributed by atoms with Gasteiger partial charge in [0.1, 0.15) is 0 Å². The van der Waals surface area contributed by atoms with Crippen LogP contribution in [0.15, 0.2) is 48.5 Å². The lowest BCUT2D eigenvalue weighted by atomic mass is 9.89. The normalized spacial score (nSPS) is 13.7. The molecule has 0 aliphatic carbocycles. The van der Waals surface area contributed by atoms with Crippen LogP contribution in [0, 0.1) is 10.1 Å². The van der Waals surface area contributed by atoms with Crippen LogP contribution in [0.3, 0.4) is 0 Å². The van der Waals surface area contributed by atoms with Crippen molar-refractivity contribution in [3.05, 3.63) is 69.8 Å². The van der Waals surface area contributed by atoms with Gasteiger partial charge in [0.05, 0.1) is 29.9 Å². The number of aromatic nitrogens is 1. The minimum absolute atomic E-state index is 0.110. The summed E-state index contributed by atoms with van der Waals surface area (Å²) in [5, 5.41) is 15.5. The number of hydrogen-bond donors (Lipinski definition) is 0. The molecule has 5 rings (SSSR count). The van der Waals surface area contributed by atoms with Gasteiger partial charge in [-0.05, 0) is 53.9 Å². The van der Waals surface area contributed by atoms with Crippen molar-refractivity contribution < 1.29 is 14.4 Å². The summed E-state index contributed by atoms with van der Waals surface area (Å²) in [6.07, 6.45) is 1.63. The summed E-state index contributed by atoms with van der Waals surface area (Å²) < 4.78 is 11.3. The number of benzene rings is 3. The zero-order chi connectivity index (χ0) is 23.8. The molecule has 4 aromatic rings. The first kappa shape index (κ1) is 22.1. The van der Waals surface area contributed by atoms with Crippen LogP contribution in [-0.2, 0) is 13.0 Å². The van der Waals surface area contributed by atoms with E-state index in [0.29, 0.717) is 17.9 Å². The second-order valence-electron chi connectivity index (χ2n) is 8.72. The van der Waals surface area contributed by atoms with Crippen molar-refractivity contribution >= 4 is 27.4 Å². The molecule has 0 N–H and O–H groups in total. The van der Waals surface area contributed by atoms with Gasteiger partial charge in [-0.3, -0.25) is 10.1 Å². The quantitative estimate of drug-likeness (QED) is 0.208. The third-order valence-corrected chi connectivity index (χ3v) is 6.44. The number of pyridine rings is 1. The van der Waals surface area contributed by atoms with Gasteiger partial charge >= 0.3 is 5.69 Å². The van der Waals surface area contributed by atoms with E-state index in [1.807, 2.05) is 25.1 Å². The minimum atomic E-state index is -0.413. The highest BCUT2D eigenvalue weighted by Gasteiger charge is 2.27. The van der Waals surface area contributed by atoms with E-state index in [9.17, 15) is 10.1 Å². The van der Waals surface area contributed by atoms with Crippen LogP contribution in [0.25, 0.3) is 32.9 Å². The molecule has 0 bridgehead atoms. The van der Waals surface area contributed by atoms with E-state index in [4.69, 9.17) is 14.5 Å². The van der Waals surface area contributed by atoms with Gasteiger partial charge in [0, 0.05) is 30.1 Å². The number of rotatable bonds is 6. The van der Waals surface area contributed by atoms with E-state index in [0.717, 1.165) is 42.7 Å². The zero-order valence-corrected chi connectivity index (χ0v) is 19.6. The van der Waals surface area contributed by atoms with Gasteiger partial charge in [0.25, 0.3) is 0 Å². The SMILES string of the molecule is CCCOc1c(OC)cc(-c2nc3ccc4ccccc4c3c3c2CN(C)CC3)cc1[N+](=O)[O-]. The monoisotopic (exact) mass is 457 g/mol. The maximum absolute atomic E-state index is 12.0. The van der Waals surface area contributed by atoms with Crippen molar-refractivity contribution in [3.63, 3.8) is 0 Å². The molecular formula is C27H27N3O4. The first-order valence-electron chi connectivity index (χ1n) is 11.5. The van der Waals surface area contributed by atoms with Crippen molar-refractivity contribution in [2.45, 2.75) is 26.3 Å². The van der Waals surface area contributed by atoms with E-state index >= 15 is 0 Å². The van der Waals surface area contributed by atoms with Gasteiger partial charge in [-0.25, -0.2) is 4.98 Å². The molecule has 1 aliphatic rings. The van der Waals surface area contributed by atoms with Crippen LogP contribution in [0.5, 0.6) is 11.5 Å². The molecule has 0 radical (unpaired) electrons. The van der Waals surface area contributed by atoms with Crippen LogP contribution < -0.4 is 9.47 Å². The predicted octanol–water partition coefficient (Wildman–Crippen LogP) is 5.75. The third kappa shape index (κ3) is 3.72. The number of nitro benzene ring substituents is 1. The molecule has 7 heteroatoms. The van der Waals surface area contributed by atoms with Crippen LogP contribution in [0.2, 0.25) is 0 Å². The Balaban J connectivity index is 1.81. The Hall–Kier alpha value is -3.71. The number of ether oxygens (including phenoxy) is 2. The summed E-state index contributed by atoms with van der Waals surface area (Å²) in [6, 6.07) is 15.9. The van der Waals surface area contributed by atoms with E-state index in [1.54, 1.807) is 6.07 Å². The Labute approximate surface area is 198 Å². The van der Waals surface area contributed by atoms with Crippen LogP contribution >= 0.6 is 0 Å². The number of nitro groups is 1. The Morgan fingerprint density at radius 2 is 1.97 bits per heavy atom. The molecule has 0 unspecified atom stereocenters. The highest BCUT2D eigenvalue weighted by atomic mass is 16.6. The topological polar surface area (TPSA) is 77.7 Å². The maximum atomic E-state index is 12.0. The summed E-state index contributed by atoms with van der Waals surface area (Å²) in [4.78, 5) is 18.9. The molecule has 7 nitrogen and oxygen atoms in total. The summed E-state index contributed by atoms with van der Waals surface area (Å²) >= 11 is 0. The van der Waals surface area contributed by atoms with Crippen molar-refractivity contribution in [1.82, 2.24) is 9.88 Å². The first-order valence-corrected chi connectivity index (χ1v) is 11.5. The number of likely N-dealkylation sites (N-methyl/N-ethyl adjacent to an activating group) is 1. The molecule has 0 saturated carbocycles. The minimum Gasteiger partial charge on any atom is -0.493 e. The molecule has 174 valence electrons. The van der Waals surface area contributed by atoms with Crippen LogP contribution in [0.1, 0.15) is 24.5 Å². The van der Waals surface area contributed by atoms with Gasteiger partial charge in [-0.15, -0.1) is 0 Å². The molecular weight excluding hydrogens is 430 g/mol.